The summed E-state index contributed by atoms with van der Waals surface area (Å²) in [4.78, 5) is 30.4. The van der Waals surface area contributed by atoms with Crippen molar-refractivity contribution in [3.8, 4) is 11.5 Å². The minimum atomic E-state index is -0.493. The zero-order valence-electron chi connectivity index (χ0n) is 24.2. The highest BCUT2D eigenvalue weighted by atomic mass is 79.9. The number of nitro groups is 1. The van der Waals surface area contributed by atoms with Crippen LogP contribution in [0.5, 0.6) is 11.5 Å². The van der Waals surface area contributed by atoms with E-state index in [-0.39, 0.29) is 41.9 Å². The average Bonchev–Trinajstić information content (AvgIpc) is 3.04. The van der Waals surface area contributed by atoms with Crippen molar-refractivity contribution in [2.24, 2.45) is 5.10 Å². The third kappa shape index (κ3) is 6.07. The zero-order chi connectivity index (χ0) is 30.6. The lowest BCUT2D eigenvalue weighted by atomic mass is 9.88. The number of aromatic nitrogens is 2. The predicted octanol–water partition coefficient (Wildman–Crippen LogP) is 8.13. The third-order valence-electron chi connectivity index (χ3n) is 7.93. The minimum Gasteiger partial charge on any atom is -0.490 e. The second-order valence-corrected chi connectivity index (χ2v) is 11.7. The van der Waals surface area contributed by atoms with Gasteiger partial charge in [-0.3, -0.25) is 14.9 Å². The number of hydrogen-bond donors (Lipinski definition) is 0. The molecule has 0 atom stereocenters. The van der Waals surface area contributed by atoms with Crippen LogP contribution in [0.15, 0.2) is 87.2 Å². The molecule has 0 aliphatic heterocycles. The van der Waals surface area contributed by atoms with Crippen LogP contribution in [-0.2, 0) is 6.61 Å². The Hall–Kier alpha value is -4.57. The fraction of sp³-hybridized carbons (Fsp3) is 0.265. The fourth-order valence-electron chi connectivity index (χ4n) is 5.82. The number of ether oxygens (including phenoxy) is 2. The molecule has 1 aromatic heterocycles. The van der Waals surface area contributed by atoms with Crippen LogP contribution in [0.3, 0.4) is 0 Å². The quantitative estimate of drug-likeness (QED) is 0.0902. The Morgan fingerprint density at radius 2 is 1.82 bits per heavy atom. The summed E-state index contributed by atoms with van der Waals surface area (Å²) in [5.41, 5.74) is 1.37. The molecule has 1 heterocycles. The molecular weight excluding hydrogens is 624 g/mol. The molecule has 1 aliphatic rings. The number of nitro benzene ring substituents is 1. The molecular formula is C34H31BrN4O5. The van der Waals surface area contributed by atoms with Gasteiger partial charge < -0.3 is 9.47 Å². The summed E-state index contributed by atoms with van der Waals surface area (Å²) in [6.07, 6.45) is 6.57. The van der Waals surface area contributed by atoms with Crippen molar-refractivity contribution in [1.29, 1.82) is 0 Å². The smallest absolute Gasteiger partial charge is 0.315 e. The molecule has 0 N–H and O–H groups in total. The van der Waals surface area contributed by atoms with Crippen molar-refractivity contribution in [3.63, 3.8) is 0 Å². The SMILES string of the molecule is CCOc1cc(C=Nn2c(C3CCCCC3)nc3ccc(Br)cc3c2=O)cc([N+](=O)[O-])c1OCc1cccc2ccccc12. The summed E-state index contributed by atoms with van der Waals surface area (Å²) in [6, 6.07) is 22.3. The van der Waals surface area contributed by atoms with Crippen LogP contribution in [-0.4, -0.2) is 27.4 Å². The fourth-order valence-corrected chi connectivity index (χ4v) is 6.18. The van der Waals surface area contributed by atoms with E-state index in [2.05, 4.69) is 21.0 Å². The molecule has 0 spiro atoms. The van der Waals surface area contributed by atoms with Crippen molar-refractivity contribution in [2.45, 2.75) is 51.6 Å². The Bertz CT molecular complexity index is 1940. The first-order chi connectivity index (χ1) is 21.4. The van der Waals surface area contributed by atoms with Crippen molar-refractivity contribution in [2.75, 3.05) is 6.61 Å². The first-order valence-electron chi connectivity index (χ1n) is 14.7. The molecule has 9 nitrogen and oxygen atoms in total. The van der Waals surface area contributed by atoms with Gasteiger partial charge in [0.2, 0.25) is 5.75 Å². The molecule has 1 fully saturated rings. The number of fused-ring (bicyclic) bond motifs is 2. The summed E-state index contributed by atoms with van der Waals surface area (Å²) in [5, 5.41) is 19.4. The second-order valence-electron chi connectivity index (χ2n) is 10.8. The van der Waals surface area contributed by atoms with Gasteiger partial charge in [-0.2, -0.15) is 9.78 Å². The van der Waals surface area contributed by atoms with Gasteiger partial charge >= 0.3 is 5.69 Å². The van der Waals surface area contributed by atoms with Crippen molar-refractivity contribution < 1.29 is 14.4 Å². The van der Waals surface area contributed by atoms with E-state index in [1.807, 2.05) is 54.6 Å². The Morgan fingerprint density at radius 3 is 2.61 bits per heavy atom. The Labute approximate surface area is 262 Å². The Kier molecular flexibility index (Phi) is 8.70. The van der Waals surface area contributed by atoms with Gasteiger partial charge in [-0.25, -0.2) is 4.98 Å². The van der Waals surface area contributed by atoms with Crippen LogP contribution in [0.1, 0.15) is 61.9 Å². The largest absolute Gasteiger partial charge is 0.490 e. The molecule has 5 aromatic rings. The van der Waals surface area contributed by atoms with Gasteiger partial charge in [0.1, 0.15) is 12.4 Å². The van der Waals surface area contributed by atoms with Gasteiger partial charge in [-0.15, -0.1) is 0 Å². The van der Waals surface area contributed by atoms with Crippen LogP contribution in [0, 0.1) is 10.1 Å². The molecule has 44 heavy (non-hydrogen) atoms. The average molecular weight is 656 g/mol. The standard InChI is InChI=1S/C34H31BrN4O5/c1-2-43-31-18-22(17-30(39(41)42)32(31)44-21-25-13-8-12-23-9-6-7-14-27(23)25)20-36-38-33(24-10-4-3-5-11-24)37-29-16-15-26(35)19-28(29)34(38)40/h6-9,12-20,24H,2-5,10-11,21H2,1H3. The van der Waals surface area contributed by atoms with Gasteiger partial charge in [-0.05, 0) is 60.4 Å². The molecule has 0 amide bonds. The third-order valence-corrected chi connectivity index (χ3v) is 8.43. The highest BCUT2D eigenvalue weighted by molar-refractivity contribution is 9.10. The number of hydrogen-bond acceptors (Lipinski definition) is 7. The Balaban J connectivity index is 1.40. The zero-order valence-corrected chi connectivity index (χ0v) is 25.8. The van der Waals surface area contributed by atoms with Crippen LogP contribution in [0.25, 0.3) is 21.7 Å². The van der Waals surface area contributed by atoms with Crippen molar-refractivity contribution in [3.05, 3.63) is 115 Å². The first kappa shape index (κ1) is 29.5. The lowest BCUT2D eigenvalue weighted by molar-refractivity contribution is -0.386. The highest BCUT2D eigenvalue weighted by Crippen LogP contribution is 2.39. The summed E-state index contributed by atoms with van der Waals surface area (Å²) in [6.45, 7) is 2.20. The second kappa shape index (κ2) is 13.0. The van der Waals surface area contributed by atoms with Gasteiger partial charge in [0.15, 0.2) is 5.75 Å². The minimum absolute atomic E-state index is 0.0409. The molecule has 224 valence electrons. The van der Waals surface area contributed by atoms with Gasteiger partial charge in [0, 0.05) is 22.0 Å². The molecule has 10 heteroatoms. The van der Waals surface area contributed by atoms with E-state index in [1.165, 1.54) is 17.0 Å². The van der Waals surface area contributed by atoms with Crippen molar-refractivity contribution >= 4 is 49.5 Å². The number of halogens is 1. The number of rotatable bonds is 9. The molecule has 4 aromatic carbocycles. The van der Waals surface area contributed by atoms with E-state index in [4.69, 9.17) is 14.5 Å². The van der Waals surface area contributed by atoms with E-state index < -0.39 is 4.92 Å². The normalized spacial score (nSPS) is 14.0. The van der Waals surface area contributed by atoms with E-state index in [0.717, 1.165) is 52.9 Å². The number of nitrogens with zero attached hydrogens (tertiary/aromatic N) is 4. The molecule has 6 rings (SSSR count). The van der Waals surface area contributed by atoms with E-state index in [0.29, 0.717) is 22.3 Å². The molecule has 0 unspecified atom stereocenters. The molecule has 0 radical (unpaired) electrons. The molecule has 1 aliphatic carbocycles. The lowest BCUT2D eigenvalue weighted by Crippen LogP contribution is -2.25. The first-order valence-corrected chi connectivity index (χ1v) is 15.5. The maximum Gasteiger partial charge on any atom is 0.315 e. The maximum absolute atomic E-state index is 13.7. The molecule has 0 bridgehead atoms. The van der Waals surface area contributed by atoms with Gasteiger partial charge in [-0.1, -0.05) is 77.7 Å². The number of benzene rings is 4. The van der Waals surface area contributed by atoms with Crippen LogP contribution in [0.2, 0.25) is 0 Å². The van der Waals surface area contributed by atoms with Crippen LogP contribution in [0.4, 0.5) is 5.69 Å². The topological polar surface area (TPSA) is 109 Å². The molecule has 1 saturated carbocycles. The van der Waals surface area contributed by atoms with Gasteiger partial charge in [0.25, 0.3) is 5.56 Å². The van der Waals surface area contributed by atoms with E-state index in [9.17, 15) is 14.9 Å². The van der Waals surface area contributed by atoms with Gasteiger partial charge in [0.05, 0.1) is 28.6 Å². The van der Waals surface area contributed by atoms with E-state index in [1.54, 1.807) is 19.1 Å². The van der Waals surface area contributed by atoms with Crippen LogP contribution < -0.4 is 15.0 Å². The summed E-state index contributed by atoms with van der Waals surface area (Å²) in [7, 11) is 0. The maximum atomic E-state index is 13.7. The van der Waals surface area contributed by atoms with Crippen LogP contribution >= 0.6 is 15.9 Å². The van der Waals surface area contributed by atoms with E-state index >= 15 is 0 Å². The lowest BCUT2D eigenvalue weighted by Gasteiger charge is -2.22. The predicted molar refractivity (Wildman–Crippen MR) is 175 cm³/mol. The summed E-state index contributed by atoms with van der Waals surface area (Å²) in [5.74, 6) is 0.971. The highest BCUT2D eigenvalue weighted by Gasteiger charge is 2.25. The monoisotopic (exact) mass is 654 g/mol. The summed E-state index contributed by atoms with van der Waals surface area (Å²) >= 11 is 3.45. The molecule has 0 saturated heterocycles. The Morgan fingerprint density at radius 1 is 1.02 bits per heavy atom. The van der Waals surface area contributed by atoms with Crippen molar-refractivity contribution in [1.82, 2.24) is 9.66 Å². The summed E-state index contributed by atoms with van der Waals surface area (Å²) < 4.78 is 14.0.